The Kier molecular flexibility index (Phi) is 5.29. The largest absolute Gasteiger partial charge is 0.478 e. The van der Waals surface area contributed by atoms with Gasteiger partial charge in [0.05, 0.1) is 5.69 Å². The Hall–Kier alpha value is -2.11. The summed E-state index contributed by atoms with van der Waals surface area (Å²) < 4.78 is 13.4. The Labute approximate surface area is 111 Å². The van der Waals surface area contributed by atoms with Gasteiger partial charge in [0.1, 0.15) is 11.4 Å². The molecule has 0 bridgehead atoms. The summed E-state index contributed by atoms with van der Waals surface area (Å²) in [6.45, 7) is 4.80. The average molecular weight is 268 g/mol. The Balaban J connectivity index is 2.96. The topological polar surface area (TPSA) is 69.6 Å². The van der Waals surface area contributed by atoms with E-state index in [0.717, 1.165) is 12.5 Å². The molecule has 2 amide bonds. The number of rotatable bonds is 5. The molecule has 0 heterocycles. The molecule has 0 aliphatic carbocycles. The number of anilines is 1. The van der Waals surface area contributed by atoms with Crippen molar-refractivity contribution >= 4 is 17.7 Å². The summed E-state index contributed by atoms with van der Waals surface area (Å²) in [7, 11) is 0. The number of amides is 2. The third-order valence-electron chi connectivity index (χ3n) is 2.63. The van der Waals surface area contributed by atoms with Gasteiger partial charge in [0.25, 0.3) is 0 Å². The maximum absolute atomic E-state index is 13.4. The van der Waals surface area contributed by atoms with Crippen molar-refractivity contribution in [3.05, 3.63) is 29.6 Å². The standard InChI is InChI=1S/C13H17FN2O3/c1-3-8-16(4-2)13(19)15-10-7-5-6-9(14)11(10)12(17)18/h5-7H,3-4,8H2,1-2H3,(H,15,19)(H,17,18). The molecule has 0 radical (unpaired) electrons. The van der Waals surface area contributed by atoms with Gasteiger partial charge in [-0.2, -0.15) is 0 Å². The third-order valence-corrected chi connectivity index (χ3v) is 2.63. The molecular weight excluding hydrogens is 251 g/mol. The van der Waals surface area contributed by atoms with Gasteiger partial charge in [-0.1, -0.05) is 13.0 Å². The number of carboxylic acid groups (broad SMARTS) is 1. The number of hydrogen-bond acceptors (Lipinski definition) is 2. The minimum absolute atomic E-state index is 0.0351. The first kappa shape index (κ1) is 14.9. The van der Waals surface area contributed by atoms with E-state index in [1.54, 1.807) is 0 Å². The highest BCUT2D eigenvalue weighted by atomic mass is 19.1. The molecule has 0 aromatic heterocycles. The van der Waals surface area contributed by atoms with Crippen molar-refractivity contribution in [3.8, 4) is 0 Å². The van der Waals surface area contributed by atoms with Crippen LogP contribution in [-0.4, -0.2) is 35.1 Å². The molecule has 2 N–H and O–H groups in total. The van der Waals surface area contributed by atoms with Crippen LogP contribution in [0.2, 0.25) is 0 Å². The van der Waals surface area contributed by atoms with Crippen molar-refractivity contribution in [1.29, 1.82) is 0 Å². The van der Waals surface area contributed by atoms with E-state index in [-0.39, 0.29) is 5.69 Å². The molecule has 5 nitrogen and oxygen atoms in total. The van der Waals surface area contributed by atoms with Gasteiger partial charge in [-0.3, -0.25) is 0 Å². The van der Waals surface area contributed by atoms with E-state index in [1.165, 1.54) is 17.0 Å². The molecule has 104 valence electrons. The predicted octanol–water partition coefficient (Wildman–Crippen LogP) is 2.79. The first-order valence-electron chi connectivity index (χ1n) is 6.09. The van der Waals surface area contributed by atoms with Gasteiger partial charge < -0.3 is 15.3 Å². The van der Waals surface area contributed by atoms with Gasteiger partial charge >= 0.3 is 12.0 Å². The summed E-state index contributed by atoms with van der Waals surface area (Å²) in [5, 5.41) is 11.4. The number of aromatic carboxylic acids is 1. The van der Waals surface area contributed by atoms with Crippen LogP contribution >= 0.6 is 0 Å². The van der Waals surface area contributed by atoms with Crippen LogP contribution in [0.15, 0.2) is 18.2 Å². The van der Waals surface area contributed by atoms with Crippen molar-refractivity contribution in [2.75, 3.05) is 18.4 Å². The van der Waals surface area contributed by atoms with Crippen molar-refractivity contribution in [2.24, 2.45) is 0 Å². The number of carboxylic acids is 1. The number of carbonyl (C=O) groups is 2. The van der Waals surface area contributed by atoms with Crippen LogP contribution in [-0.2, 0) is 0 Å². The number of halogens is 1. The second-order valence-corrected chi connectivity index (χ2v) is 3.98. The van der Waals surface area contributed by atoms with Gasteiger partial charge in [0.15, 0.2) is 0 Å². The normalized spacial score (nSPS) is 10.1. The molecule has 1 aromatic carbocycles. The SMILES string of the molecule is CCCN(CC)C(=O)Nc1cccc(F)c1C(=O)O. The van der Waals surface area contributed by atoms with Gasteiger partial charge in [-0.15, -0.1) is 0 Å². The minimum atomic E-state index is -1.41. The number of carbonyl (C=O) groups excluding carboxylic acids is 1. The zero-order chi connectivity index (χ0) is 14.4. The monoisotopic (exact) mass is 268 g/mol. The van der Waals surface area contributed by atoms with Crippen LogP contribution in [0.1, 0.15) is 30.6 Å². The first-order valence-corrected chi connectivity index (χ1v) is 6.09. The summed E-state index contributed by atoms with van der Waals surface area (Å²) in [5.74, 6) is -2.28. The van der Waals surface area contributed by atoms with E-state index >= 15 is 0 Å². The average Bonchev–Trinajstić information content (AvgIpc) is 2.35. The van der Waals surface area contributed by atoms with Crippen LogP contribution in [0.3, 0.4) is 0 Å². The lowest BCUT2D eigenvalue weighted by atomic mass is 10.1. The van der Waals surface area contributed by atoms with Gasteiger partial charge in [-0.25, -0.2) is 14.0 Å². The van der Waals surface area contributed by atoms with Crippen molar-refractivity contribution in [2.45, 2.75) is 20.3 Å². The molecule has 0 aliphatic heterocycles. The highest BCUT2D eigenvalue weighted by Crippen LogP contribution is 2.19. The Bertz CT molecular complexity index is 477. The molecule has 0 unspecified atom stereocenters. The lowest BCUT2D eigenvalue weighted by Gasteiger charge is -2.21. The molecule has 0 atom stereocenters. The minimum Gasteiger partial charge on any atom is -0.478 e. The number of hydrogen-bond donors (Lipinski definition) is 2. The third kappa shape index (κ3) is 3.67. The Morgan fingerprint density at radius 2 is 2.05 bits per heavy atom. The van der Waals surface area contributed by atoms with Crippen LogP contribution in [0.5, 0.6) is 0 Å². The summed E-state index contributed by atoms with van der Waals surface area (Å²) in [4.78, 5) is 24.4. The van der Waals surface area contributed by atoms with Gasteiger partial charge in [0, 0.05) is 13.1 Å². The first-order chi connectivity index (χ1) is 9.01. The second-order valence-electron chi connectivity index (χ2n) is 3.98. The van der Waals surface area contributed by atoms with E-state index in [2.05, 4.69) is 5.32 Å². The maximum atomic E-state index is 13.4. The van der Waals surface area contributed by atoms with E-state index in [1.807, 2.05) is 13.8 Å². The fourth-order valence-electron chi connectivity index (χ4n) is 1.71. The molecule has 0 spiro atoms. The zero-order valence-electron chi connectivity index (χ0n) is 10.9. The van der Waals surface area contributed by atoms with Crippen molar-refractivity contribution in [3.63, 3.8) is 0 Å². The van der Waals surface area contributed by atoms with E-state index in [9.17, 15) is 14.0 Å². The highest BCUT2D eigenvalue weighted by Gasteiger charge is 2.19. The number of urea groups is 1. The van der Waals surface area contributed by atoms with E-state index < -0.39 is 23.4 Å². The molecule has 19 heavy (non-hydrogen) atoms. The Morgan fingerprint density at radius 3 is 2.58 bits per heavy atom. The summed E-state index contributed by atoms with van der Waals surface area (Å²) >= 11 is 0. The van der Waals surface area contributed by atoms with Crippen molar-refractivity contribution < 1.29 is 19.1 Å². The van der Waals surface area contributed by atoms with Crippen LogP contribution < -0.4 is 5.32 Å². The van der Waals surface area contributed by atoms with Gasteiger partial charge in [-0.05, 0) is 25.5 Å². The van der Waals surface area contributed by atoms with Crippen LogP contribution in [0, 0.1) is 5.82 Å². The summed E-state index contributed by atoms with van der Waals surface area (Å²) in [6, 6.07) is 3.33. The molecule has 0 saturated heterocycles. The summed E-state index contributed by atoms with van der Waals surface area (Å²) in [5.41, 5.74) is -0.560. The van der Waals surface area contributed by atoms with E-state index in [4.69, 9.17) is 5.11 Å². The molecule has 0 aliphatic rings. The van der Waals surface area contributed by atoms with Crippen LogP contribution in [0.4, 0.5) is 14.9 Å². The van der Waals surface area contributed by atoms with Gasteiger partial charge in [0.2, 0.25) is 0 Å². The second kappa shape index (κ2) is 6.72. The Morgan fingerprint density at radius 1 is 1.37 bits per heavy atom. The molecule has 1 aromatic rings. The molecule has 1 rings (SSSR count). The fraction of sp³-hybridized carbons (Fsp3) is 0.385. The van der Waals surface area contributed by atoms with E-state index in [0.29, 0.717) is 13.1 Å². The lowest BCUT2D eigenvalue weighted by molar-refractivity contribution is 0.0693. The fourth-order valence-corrected chi connectivity index (χ4v) is 1.71. The molecule has 0 saturated carbocycles. The smallest absolute Gasteiger partial charge is 0.340 e. The predicted molar refractivity (Wildman–Crippen MR) is 69.9 cm³/mol. The lowest BCUT2D eigenvalue weighted by Crippen LogP contribution is -2.35. The molecule has 0 fully saturated rings. The molecular formula is C13H17FN2O3. The quantitative estimate of drug-likeness (QED) is 0.862. The zero-order valence-corrected chi connectivity index (χ0v) is 10.9. The number of benzene rings is 1. The number of nitrogens with zero attached hydrogens (tertiary/aromatic N) is 1. The van der Waals surface area contributed by atoms with Crippen molar-refractivity contribution in [1.82, 2.24) is 4.90 Å². The maximum Gasteiger partial charge on any atom is 0.340 e. The number of nitrogens with one attached hydrogen (secondary N) is 1. The highest BCUT2D eigenvalue weighted by molar-refractivity contribution is 6.00. The molecule has 6 heteroatoms. The van der Waals surface area contributed by atoms with Crippen LogP contribution in [0.25, 0.3) is 0 Å². The summed E-state index contributed by atoms with van der Waals surface area (Å²) in [6.07, 6.45) is 0.788.